The molecule has 1 N–H and O–H groups in total. The van der Waals surface area contributed by atoms with Crippen molar-refractivity contribution in [2.45, 2.75) is 25.7 Å². The Morgan fingerprint density at radius 1 is 1.23 bits per heavy atom. The minimum atomic E-state index is -2.93. The summed E-state index contributed by atoms with van der Waals surface area (Å²) in [5.41, 5.74) is 1.23. The lowest BCUT2D eigenvalue weighted by atomic mass is 10.0. The minimum Gasteiger partial charge on any atom is -0.282 e. The standard InChI is InChI=1S/C17H18F2NO2/c1-17(18,19)13-7-5-12(6-8-13)16(21)15-10-9-14(11-3-4-11)20(15,2)22/h5-11,22H,3-4H2,1-2H3/q+1. The summed E-state index contributed by atoms with van der Waals surface area (Å²) < 4.78 is 25.9. The van der Waals surface area contributed by atoms with E-state index in [1.165, 1.54) is 24.3 Å². The van der Waals surface area contributed by atoms with E-state index >= 15 is 0 Å². The molecule has 0 spiro atoms. The van der Waals surface area contributed by atoms with E-state index in [0.717, 1.165) is 25.5 Å². The van der Waals surface area contributed by atoms with Crippen molar-refractivity contribution in [1.29, 1.82) is 0 Å². The summed E-state index contributed by atoms with van der Waals surface area (Å²) >= 11 is 0. The van der Waals surface area contributed by atoms with Crippen LogP contribution in [0.2, 0.25) is 0 Å². The number of allylic oxidation sites excluding steroid dienone is 4. The van der Waals surface area contributed by atoms with Gasteiger partial charge >= 0.3 is 0 Å². The topological polar surface area (TPSA) is 37.3 Å². The van der Waals surface area contributed by atoms with E-state index in [0.29, 0.717) is 11.5 Å². The van der Waals surface area contributed by atoms with E-state index in [1.54, 1.807) is 19.2 Å². The Morgan fingerprint density at radius 3 is 2.32 bits per heavy atom. The first-order valence-electron chi connectivity index (χ1n) is 7.26. The summed E-state index contributed by atoms with van der Waals surface area (Å²) in [5, 5.41) is 10.6. The Hall–Kier alpha value is -1.85. The number of hydrogen-bond donors (Lipinski definition) is 1. The Bertz CT molecular complexity index is 678. The highest BCUT2D eigenvalue weighted by Crippen LogP contribution is 2.44. The Balaban J connectivity index is 1.83. The quantitative estimate of drug-likeness (QED) is 0.674. The van der Waals surface area contributed by atoms with Crippen LogP contribution in [-0.2, 0) is 5.92 Å². The van der Waals surface area contributed by atoms with Gasteiger partial charge in [-0.2, -0.15) is 0 Å². The molecule has 0 saturated heterocycles. The third-order valence-electron chi connectivity index (χ3n) is 4.27. The van der Waals surface area contributed by atoms with Crippen molar-refractivity contribution in [2.24, 2.45) is 5.92 Å². The van der Waals surface area contributed by atoms with Crippen LogP contribution in [0.15, 0.2) is 47.8 Å². The number of rotatable bonds is 4. The molecule has 1 heterocycles. The van der Waals surface area contributed by atoms with Crippen LogP contribution in [0.4, 0.5) is 8.78 Å². The van der Waals surface area contributed by atoms with E-state index in [1.807, 2.05) is 0 Å². The minimum absolute atomic E-state index is 0.137. The number of ketones is 1. The summed E-state index contributed by atoms with van der Waals surface area (Å²) in [4.78, 5) is 12.5. The number of hydroxylamine groups is 3. The lowest BCUT2D eigenvalue weighted by molar-refractivity contribution is -1.02. The molecule has 1 fully saturated rings. The molecule has 1 aliphatic carbocycles. The van der Waals surface area contributed by atoms with Crippen LogP contribution in [0.25, 0.3) is 0 Å². The first-order valence-corrected chi connectivity index (χ1v) is 7.26. The first-order chi connectivity index (χ1) is 10.2. The average Bonchev–Trinajstić information content (AvgIpc) is 3.21. The normalized spacial score (nSPS) is 25.0. The van der Waals surface area contributed by atoms with Crippen LogP contribution in [0.5, 0.6) is 0 Å². The van der Waals surface area contributed by atoms with Gasteiger partial charge in [-0.25, -0.2) is 14.0 Å². The summed E-state index contributed by atoms with van der Waals surface area (Å²) in [6, 6.07) is 5.26. The van der Waals surface area contributed by atoms with Gasteiger partial charge in [0.15, 0.2) is 0 Å². The van der Waals surface area contributed by atoms with Crippen LogP contribution in [0.3, 0.4) is 0 Å². The average molecular weight is 306 g/mol. The third kappa shape index (κ3) is 2.51. The predicted molar refractivity (Wildman–Crippen MR) is 77.2 cm³/mol. The Kier molecular flexibility index (Phi) is 3.30. The van der Waals surface area contributed by atoms with E-state index in [9.17, 15) is 18.8 Å². The number of hydrogen-bond acceptors (Lipinski definition) is 2. The number of benzene rings is 1. The molecule has 0 amide bonds. The molecule has 0 bridgehead atoms. The van der Waals surface area contributed by atoms with Crippen molar-refractivity contribution in [3.63, 3.8) is 0 Å². The van der Waals surface area contributed by atoms with Crippen molar-refractivity contribution >= 4 is 5.78 Å². The molecule has 0 radical (unpaired) electrons. The van der Waals surface area contributed by atoms with Gasteiger partial charge in [-0.1, -0.05) is 24.3 Å². The van der Waals surface area contributed by atoms with E-state index < -0.39 is 10.6 Å². The van der Waals surface area contributed by atoms with Crippen LogP contribution in [0.1, 0.15) is 35.7 Å². The highest BCUT2D eigenvalue weighted by molar-refractivity contribution is 6.07. The molecule has 1 aromatic rings. The van der Waals surface area contributed by atoms with Gasteiger partial charge in [-0.3, -0.25) is 4.79 Å². The number of alkyl halides is 2. The molecule has 5 heteroatoms. The van der Waals surface area contributed by atoms with Gasteiger partial charge in [0.25, 0.3) is 5.92 Å². The first kappa shape index (κ1) is 15.1. The number of nitrogens with zero attached hydrogens (tertiary/aromatic N) is 1. The maximum absolute atomic E-state index is 13.2. The fourth-order valence-electron chi connectivity index (χ4n) is 2.80. The van der Waals surface area contributed by atoms with E-state index in [-0.39, 0.29) is 17.0 Å². The van der Waals surface area contributed by atoms with Crippen LogP contribution in [0, 0.1) is 5.92 Å². The fourth-order valence-corrected chi connectivity index (χ4v) is 2.80. The molecule has 1 unspecified atom stereocenters. The smallest absolute Gasteiger partial charge is 0.270 e. The van der Waals surface area contributed by atoms with Crippen LogP contribution in [-0.4, -0.2) is 22.7 Å². The largest absolute Gasteiger partial charge is 0.282 e. The number of halogens is 2. The number of carbonyl (C=O) groups is 1. The summed E-state index contributed by atoms with van der Waals surface area (Å²) in [7, 11) is 1.56. The van der Waals surface area contributed by atoms with Gasteiger partial charge in [-0.05, 0) is 12.8 Å². The molecule has 1 aliphatic heterocycles. The molecule has 1 aromatic carbocycles. The second-order valence-electron chi connectivity index (χ2n) is 6.17. The summed E-state index contributed by atoms with van der Waals surface area (Å²) in [6.45, 7) is 0.816. The zero-order valence-corrected chi connectivity index (χ0v) is 12.5. The molecule has 22 heavy (non-hydrogen) atoms. The summed E-state index contributed by atoms with van der Waals surface area (Å²) in [5.74, 6) is -2.95. The zero-order valence-electron chi connectivity index (χ0n) is 12.5. The number of likely N-dealkylation sites (N-methyl/N-ethyl adjacent to an activating group) is 1. The number of carbonyl (C=O) groups excluding carboxylic acids is 1. The molecule has 0 aromatic heterocycles. The molecule has 3 nitrogen and oxygen atoms in total. The molecule has 1 saturated carbocycles. The van der Waals surface area contributed by atoms with E-state index in [4.69, 9.17) is 0 Å². The van der Waals surface area contributed by atoms with Gasteiger partial charge in [0.2, 0.25) is 11.5 Å². The third-order valence-corrected chi connectivity index (χ3v) is 4.27. The fraction of sp³-hybridized carbons (Fsp3) is 0.353. The molecular formula is C17H18F2NO2+. The Morgan fingerprint density at radius 2 is 1.82 bits per heavy atom. The second-order valence-corrected chi connectivity index (χ2v) is 6.17. The number of Topliss-reactive ketones (excluding diaryl/α,β-unsaturated/α-hetero) is 1. The maximum atomic E-state index is 13.2. The lowest BCUT2D eigenvalue weighted by Gasteiger charge is -2.24. The predicted octanol–water partition coefficient (Wildman–Crippen LogP) is 4.01. The Labute approximate surface area is 127 Å². The highest BCUT2D eigenvalue weighted by atomic mass is 19.3. The second kappa shape index (κ2) is 4.83. The van der Waals surface area contributed by atoms with Gasteiger partial charge < -0.3 is 0 Å². The van der Waals surface area contributed by atoms with Crippen molar-refractivity contribution in [3.05, 3.63) is 58.9 Å². The highest BCUT2D eigenvalue weighted by Gasteiger charge is 2.47. The monoisotopic (exact) mass is 306 g/mol. The van der Waals surface area contributed by atoms with Gasteiger partial charge in [0.1, 0.15) is 12.7 Å². The molecule has 2 aliphatic rings. The summed E-state index contributed by atoms with van der Waals surface area (Å²) in [6.07, 6.45) is 5.46. The van der Waals surface area contributed by atoms with E-state index in [2.05, 4.69) is 0 Å². The molecule has 3 rings (SSSR count). The maximum Gasteiger partial charge on any atom is 0.270 e. The van der Waals surface area contributed by atoms with Crippen molar-refractivity contribution < 1.29 is 23.4 Å². The van der Waals surface area contributed by atoms with Gasteiger partial charge in [0.05, 0.1) is 0 Å². The zero-order chi connectivity index (χ0) is 16.1. The number of quaternary nitrogens is 1. The van der Waals surface area contributed by atoms with Crippen LogP contribution < -0.4 is 0 Å². The lowest BCUT2D eigenvalue weighted by Crippen LogP contribution is -2.40. The SMILES string of the molecule is CC(F)(F)c1ccc(C(=O)C2=CC=C(C3CC3)[N+]2(C)O)cc1. The van der Waals surface area contributed by atoms with Gasteiger partial charge in [0, 0.05) is 36.1 Å². The van der Waals surface area contributed by atoms with Crippen molar-refractivity contribution in [3.8, 4) is 0 Å². The van der Waals surface area contributed by atoms with Gasteiger partial charge in [-0.15, -0.1) is 4.65 Å². The molecule has 1 atom stereocenters. The van der Waals surface area contributed by atoms with Crippen LogP contribution >= 0.6 is 0 Å². The van der Waals surface area contributed by atoms with Crippen molar-refractivity contribution in [1.82, 2.24) is 0 Å². The van der Waals surface area contributed by atoms with Crippen molar-refractivity contribution in [2.75, 3.05) is 7.05 Å². The molecule has 116 valence electrons. The molecular weight excluding hydrogens is 288 g/mol.